The molecule has 0 aliphatic carbocycles. The Bertz CT molecular complexity index is 613. The lowest BCUT2D eigenvalue weighted by atomic mass is 10.2. The summed E-state index contributed by atoms with van der Waals surface area (Å²) in [4.78, 5) is 33.0. The van der Waals surface area contributed by atoms with Crippen molar-refractivity contribution in [1.82, 2.24) is 20.3 Å². The molecule has 1 atom stereocenters. The van der Waals surface area contributed by atoms with Crippen LogP contribution in [-0.2, 0) is 16.1 Å². The lowest BCUT2D eigenvalue weighted by molar-refractivity contribution is -0.143. The molecular formula is C12H11N5O3. The molecule has 3 heterocycles. The van der Waals surface area contributed by atoms with Crippen molar-refractivity contribution in [3.8, 4) is 0 Å². The van der Waals surface area contributed by atoms with Crippen molar-refractivity contribution in [2.75, 3.05) is 0 Å². The number of carbonyl (C=O) groups excluding carboxylic acids is 1. The summed E-state index contributed by atoms with van der Waals surface area (Å²) < 4.78 is 0. The molecule has 0 fully saturated rings. The fourth-order valence-corrected chi connectivity index (χ4v) is 2.06. The van der Waals surface area contributed by atoms with E-state index in [2.05, 4.69) is 15.4 Å². The topological polar surface area (TPSA) is 98.1 Å². The van der Waals surface area contributed by atoms with Crippen LogP contribution >= 0.6 is 0 Å². The minimum atomic E-state index is -1.27. The molecule has 2 N–H and O–H groups in total. The normalized spacial score (nSPS) is 20.5. The van der Waals surface area contributed by atoms with Crippen molar-refractivity contribution < 1.29 is 14.7 Å². The van der Waals surface area contributed by atoms with Crippen LogP contribution in [-0.4, -0.2) is 44.5 Å². The maximum absolute atomic E-state index is 11.9. The van der Waals surface area contributed by atoms with Gasteiger partial charge in [0, 0.05) is 12.4 Å². The van der Waals surface area contributed by atoms with Gasteiger partial charge in [0.25, 0.3) is 5.91 Å². The third-order valence-electron chi connectivity index (χ3n) is 2.98. The van der Waals surface area contributed by atoms with Gasteiger partial charge in [0.15, 0.2) is 0 Å². The van der Waals surface area contributed by atoms with Gasteiger partial charge in [0.1, 0.15) is 11.9 Å². The zero-order valence-electron chi connectivity index (χ0n) is 10.3. The number of hydrogen-bond acceptors (Lipinski definition) is 6. The number of nitrogens with one attached hydrogen (secondary N) is 1. The van der Waals surface area contributed by atoms with Crippen LogP contribution in [0.15, 0.2) is 41.2 Å². The number of hydrogen-bond donors (Lipinski definition) is 2. The fraction of sp³-hybridized carbons (Fsp3) is 0.167. The van der Waals surface area contributed by atoms with E-state index in [0.717, 1.165) is 5.69 Å². The Morgan fingerprint density at radius 2 is 2.30 bits per heavy atom. The number of hydrazine groups is 1. The predicted octanol–water partition coefficient (Wildman–Crippen LogP) is -0.476. The van der Waals surface area contributed by atoms with Crippen LogP contribution in [0.3, 0.4) is 0 Å². The smallest absolute Gasteiger partial charge is 0.342 e. The molecule has 1 aromatic rings. The van der Waals surface area contributed by atoms with E-state index in [1.165, 1.54) is 17.5 Å². The molecule has 3 rings (SSSR count). The van der Waals surface area contributed by atoms with E-state index < -0.39 is 18.2 Å². The highest BCUT2D eigenvalue weighted by Gasteiger charge is 2.39. The van der Waals surface area contributed by atoms with Gasteiger partial charge in [-0.3, -0.25) is 15.2 Å². The number of aliphatic carboxylic acids is 1. The molecule has 8 heteroatoms. The number of nitrogens with zero attached hydrogens (tertiary/aromatic N) is 4. The van der Waals surface area contributed by atoms with Crippen molar-refractivity contribution in [3.05, 3.63) is 41.9 Å². The SMILES string of the molecule is O=C(O)C1=CN(Cc2ccccn2)C2N=CNN2C1=O. The number of fused-ring (bicyclic) bond motifs is 1. The largest absolute Gasteiger partial charge is 0.477 e. The average Bonchev–Trinajstić information content (AvgIpc) is 2.93. The van der Waals surface area contributed by atoms with E-state index >= 15 is 0 Å². The molecule has 2 aliphatic rings. The van der Waals surface area contributed by atoms with Crippen molar-refractivity contribution in [2.45, 2.75) is 12.8 Å². The quantitative estimate of drug-likeness (QED) is 0.722. The van der Waals surface area contributed by atoms with Gasteiger partial charge in [-0.05, 0) is 12.1 Å². The first-order valence-electron chi connectivity index (χ1n) is 5.89. The lowest BCUT2D eigenvalue weighted by Gasteiger charge is -2.35. The highest BCUT2D eigenvalue weighted by molar-refractivity contribution is 6.16. The van der Waals surface area contributed by atoms with Gasteiger partial charge in [-0.1, -0.05) is 6.07 Å². The number of aromatic nitrogens is 1. The van der Waals surface area contributed by atoms with Crippen molar-refractivity contribution in [2.24, 2.45) is 4.99 Å². The molecule has 0 saturated heterocycles. The highest BCUT2D eigenvalue weighted by Crippen LogP contribution is 2.22. The summed E-state index contributed by atoms with van der Waals surface area (Å²) in [7, 11) is 0. The predicted molar refractivity (Wildman–Crippen MR) is 67.8 cm³/mol. The van der Waals surface area contributed by atoms with Gasteiger partial charge in [0.2, 0.25) is 6.29 Å². The van der Waals surface area contributed by atoms with Crippen LogP contribution in [0, 0.1) is 0 Å². The Kier molecular flexibility index (Phi) is 2.82. The summed E-state index contributed by atoms with van der Waals surface area (Å²) in [5.41, 5.74) is 3.08. The third-order valence-corrected chi connectivity index (χ3v) is 2.98. The minimum Gasteiger partial charge on any atom is -0.477 e. The Labute approximate surface area is 114 Å². The Morgan fingerprint density at radius 1 is 1.45 bits per heavy atom. The maximum atomic E-state index is 11.9. The van der Waals surface area contributed by atoms with E-state index in [1.807, 2.05) is 12.1 Å². The molecule has 0 bridgehead atoms. The van der Waals surface area contributed by atoms with E-state index in [-0.39, 0.29) is 5.57 Å². The molecule has 2 aliphatic heterocycles. The second-order valence-corrected chi connectivity index (χ2v) is 4.27. The van der Waals surface area contributed by atoms with Gasteiger partial charge >= 0.3 is 5.97 Å². The van der Waals surface area contributed by atoms with Gasteiger partial charge in [-0.25, -0.2) is 14.8 Å². The second kappa shape index (κ2) is 4.65. The molecule has 0 saturated carbocycles. The summed E-state index contributed by atoms with van der Waals surface area (Å²) in [6.45, 7) is 0.352. The summed E-state index contributed by atoms with van der Waals surface area (Å²) in [5, 5.41) is 10.3. The van der Waals surface area contributed by atoms with Crippen LogP contribution in [0.5, 0.6) is 0 Å². The molecule has 1 unspecified atom stereocenters. The molecule has 8 nitrogen and oxygen atoms in total. The molecule has 0 aromatic carbocycles. The molecule has 1 amide bonds. The number of carbonyl (C=O) groups is 2. The zero-order valence-corrected chi connectivity index (χ0v) is 10.3. The highest BCUT2D eigenvalue weighted by atomic mass is 16.4. The summed E-state index contributed by atoms with van der Waals surface area (Å²) in [6.07, 6.45) is 3.74. The Hall–Kier alpha value is -2.90. The maximum Gasteiger partial charge on any atom is 0.342 e. The van der Waals surface area contributed by atoms with Crippen LogP contribution in [0.4, 0.5) is 0 Å². The number of carboxylic acid groups (broad SMARTS) is 1. The standard InChI is InChI=1S/C12H11N5O3/c18-10-9(11(19)20)6-16(12-14-7-15-17(10)12)5-8-3-1-2-4-13-8/h1-4,6-7,12H,5H2,(H,14,15)(H,19,20). The molecule has 0 spiro atoms. The molecule has 20 heavy (non-hydrogen) atoms. The van der Waals surface area contributed by atoms with Crippen molar-refractivity contribution in [1.29, 1.82) is 0 Å². The number of pyridine rings is 1. The van der Waals surface area contributed by atoms with Gasteiger partial charge in [-0.15, -0.1) is 0 Å². The molecule has 0 radical (unpaired) electrons. The Balaban J connectivity index is 1.92. The lowest BCUT2D eigenvalue weighted by Crippen LogP contribution is -2.54. The summed E-state index contributed by atoms with van der Waals surface area (Å²) in [5.74, 6) is -1.88. The van der Waals surface area contributed by atoms with Gasteiger partial charge < -0.3 is 10.0 Å². The van der Waals surface area contributed by atoms with E-state index in [0.29, 0.717) is 6.54 Å². The van der Waals surface area contributed by atoms with Crippen molar-refractivity contribution in [3.63, 3.8) is 0 Å². The van der Waals surface area contributed by atoms with Crippen LogP contribution < -0.4 is 5.43 Å². The molecular weight excluding hydrogens is 262 g/mol. The third kappa shape index (κ3) is 1.96. The number of carboxylic acids is 1. The minimum absolute atomic E-state index is 0.310. The van der Waals surface area contributed by atoms with E-state index in [9.17, 15) is 9.59 Å². The zero-order chi connectivity index (χ0) is 14.1. The second-order valence-electron chi connectivity index (χ2n) is 4.27. The summed E-state index contributed by atoms with van der Waals surface area (Å²) in [6, 6.07) is 5.46. The monoisotopic (exact) mass is 273 g/mol. The molecule has 102 valence electrons. The average molecular weight is 273 g/mol. The Morgan fingerprint density at radius 3 is 3.00 bits per heavy atom. The van der Waals surface area contributed by atoms with Crippen LogP contribution in [0.2, 0.25) is 0 Å². The van der Waals surface area contributed by atoms with E-state index in [1.54, 1.807) is 17.2 Å². The number of aliphatic imine (C=N–C) groups is 1. The summed E-state index contributed by atoms with van der Waals surface area (Å²) >= 11 is 0. The van der Waals surface area contributed by atoms with Crippen LogP contribution in [0.1, 0.15) is 5.69 Å². The van der Waals surface area contributed by atoms with Crippen LogP contribution in [0.25, 0.3) is 0 Å². The molecule has 1 aromatic heterocycles. The van der Waals surface area contributed by atoms with Gasteiger partial charge in [0.05, 0.1) is 12.2 Å². The van der Waals surface area contributed by atoms with E-state index in [4.69, 9.17) is 5.11 Å². The first kappa shape index (κ1) is 12.2. The van der Waals surface area contributed by atoms with Gasteiger partial charge in [-0.2, -0.15) is 0 Å². The number of rotatable bonds is 3. The first-order valence-corrected chi connectivity index (χ1v) is 5.89. The fourth-order valence-electron chi connectivity index (χ4n) is 2.06. The first-order chi connectivity index (χ1) is 9.66. The number of amides is 1. The van der Waals surface area contributed by atoms with Crippen molar-refractivity contribution >= 4 is 18.2 Å².